The van der Waals surface area contributed by atoms with E-state index >= 15 is 0 Å². The van der Waals surface area contributed by atoms with Gasteiger partial charge >= 0.3 is 6.09 Å². The molecule has 3 rings (SSSR count). The number of piperidine rings is 1. The highest BCUT2D eigenvalue weighted by Gasteiger charge is 2.27. The molecular weight excluding hydrogens is 472 g/mol. The van der Waals surface area contributed by atoms with Crippen LogP contribution in [0.3, 0.4) is 0 Å². The Kier molecular flexibility index (Phi) is 8.18. The highest BCUT2D eigenvalue weighted by atomic mass is 79.9. The minimum Gasteiger partial charge on any atom is -0.489 e. The molecule has 2 amide bonds. The number of benzene rings is 2. The zero-order valence-corrected chi connectivity index (χ0v) is 20.5. The van der Waals surface area contributed by atoms with Gasteiger partial charge < -0.3 is 19.7 Å². The topological polar surface area (TPSA) is 67.9 Å². The van der Waals surface area contributed by atoms with Gasteiger partial charge in [0.25, 0.3) is 0 Å². The standard InChI is InChI=1S/C25H31BrN2O4/c1-25(2,3)32-24(30)27-21-10-7-13-28(16-21)23(29)15-19-14-20(26)11-12-22(19)31-17-18-8-5-4-6-9-18/h4-6,8-9,11-12,14,21H,7,10,13,15-17H2,1-3H3,(H,27,30). The molecule has 0 aromatic heterocycles. The van der Waals surface area contributed by atoms with Crippen LogP contribution in [0.4, 0.5) is 4.79 Å². The first-order chi connectivity index (χ1) is 15.2. The Labute approximate surface area is 198 Å². The van der Waals surface area contributed by atoms with Crippen LogP contribution in [0.25, 0.3) is 0 Å². The number of rotatable bonds is 6. The number of ether oxygens (including phenoxy) is 2. The molecule has 0 spiro atoms. The maximum Gasteiger partial charge on any atom is 0.407 e. The zero-order valence-electron chi connectivity index (χ0n) is 18.9. The molecule has 7 heteroatoms. The average Bonchev–Trinajstić information content (AvgIpc) is 2.72. The van der Waals surface area contributed by atoms with Crippen molar-refractivity contribution in [2.75, 3.05) is 13.1 Å². The molecule has 2 aromatic carbocycles. The summed E-state index contributed by atoms with van der Waals surface area (Å²) < 4.78 is 12.3. The number of hydrogen-bond acceptors (Lipinski definition) is 4. The Bertz CT molecular complexity index is 927. The maximum atomic E-state index is 13.1. The summed E-state index contributed by atoms with van der Waals surface area (Å²) in [5.74, 6) is 0.717. The van der Waals surface area contributed by atoms with E-state index in [2.05, 4.69) is 21.2 Å². The fourth-order valence-corrected chi connectivity index (χ4v) is 4.04. The van der Waals surface area contributed by atoms with Gasteiger partial charge in [-0.2, -0.15) is 0 Å². The molecule has 2 aromatic rings. The minimum atomic E-state index is -0.550. The average molecular weight is 503 g/mol. The van der Waals surface area contributed by atoms with Crippen molar-refractivity contribution in [3.05, 3.63) is 64.1 Å². The van der Waals surface area contributed by atoms with E-state index in [1.54, 1.807) is 0 Å². The molecule has 0 aliphatic carbocycles. The quantitative estimate of drug-likeness (QED) is 0.597. The van der Waals surface area contributed by atoms with E-state index in [0.29, 0.717) is 25.4 Å². The highest BCUT2D eigenvalue weighted by Crippen LogP contribution is 2.26. The summed E-state index contributed by atoms with van der Waals surface area (Å²) >= 11 is 3.50. The normalized spacial score (nSPS) is 16.4. The molecule has 172 valence electrons. The van der Waals surface area contributed by atoms with Crippen LogP contribution in [0.5, 0.6) is 5.75 Å². The zero-order chi connectivity index (χ0) is 23.1. The SMILES string of the molecule is CC(C)(C)OC(=O)NC1CCCN(C(=O)Cc2cc(Br)ccc2OCc2ccccc2)C1. The van der Waals surface area contributed by atoms with Gasteiger partial charge in [-0.05, 0) is 57.4 Å². The Morgan fingerprint density at radius 2 is 1.91 bits per heavy atom. The molecule has 32 heavy (non-hydrogen) atoms. The summed E-state index contributed by atoms with van der Waals surface area (Å²) in [6, 6.07) is 15.6. The van der Waals surface area contributed by atoms with Crippen LogP contribution in [0, 0.1) is 0 Å². The van der Waals surface area contributed by atoms with Gasteiger partial charge in [0, 0.05) is 29.2 Å². The Balaban J connectivity index is 1.61. The van der Waals surface area contributed by atoms with Gasteiger partial charge in [-0.15, -0.1) is 0 Å². The number of nitrogens with zero attached hydrogens (tertiary/aromatic N) is 1. The maximum absolute atomic E-state index is 13.1. The molecule has 0 radical (unpaired) electrons. The number of hydrogen-bond donors (Lipinski definition) is 1. The van der Waals surface area contributed by atoms with Crippen molar-refractivity contribution >= 4 is 27.9 Å². The first kappa shape index (κ1) is 24.1. The number of halogens is 1. The van der Waals surface area contributed by atoms with E-state index in [-0.39, 0.29) is 18.4 Å². The molecule has 1 unspecified atom stereocenters. The molecule has 1 aliphatic rings. The molecule has 1 atom stereocenters. The van der Waals surface area contributed by atoms with Crippen LogP contribution in [0.15, 0.2) is 53.0 Å². The van der Waals surface area contributed by atoms with Gasteiger partial charge in [0.15, 0.2) is 0 Å². The van der Waals surface area contributed by atoms with Crippen LogP contribution in [0.2, 0.25) is 0 Å². The Hall–Kier alpha value is -2.54. The van der Waals surface area contributed by atoms with Crippen molar-refractivity contribution in [3.8, 4) is 5.75 Å². The summed E-state index contributed by atoms with van der Waals surface area (Å²) in [7, 11) is 0. The number of carbonyl (C=O) groups is 2. The van der Waals surface area contributed by atoms with Crippen molar-refractivity contribution in [2.45, 2.75) is 58.3 Å². The minimum absolute atomic E-state index is 0.0170. The molecule has 6 nitrogen and oxygen atoms in total. The molecule has 0 bridgehead atoms. The lowest BCUT2D eigenvalue weighted by Crippen LogP contribution is -2.50. The van der Waals surface area contributed by atoms with Gasteiger partial charge in [-0.25, -0.2) is 4.79 Å². The fourth-order valence-electron chi connectivity index (χ4n) is 3.63. The van der Waals surface area contributed by atoms with Crippen LogP contribution < -0.4 is 10.1 Å². The molecule has 1 heterocycles. The molecule has 0 saturated carbocycles. The van der Waals surface area contributed by atoms with Crippen LogP contribution >= 0.6 is 15.9 Å². The van der Waals surface area contributed by atoms with E-state index in [1.807, 2.05) is 74.2 Å². The van der Waals surface area contributed by atoms with Crippen LogP contribution in [-0.2, 0) is 22.6 Å². The fraction of sp³-hybridized carbons (Fsp3) is 0.440. The second-order valence-electron chi connectivity index (χ2n) is 9.03. The number of alkyl carbamates (subject to hydrolysis) is 1. The summed E-state index contributed by atoms with van der Waals surface area (Å²) in [5.41, 5.74) is 1.35. The van der Waals surface area contributed by atoms with Gasteiger partial charge in [-0.1, -0.05) is 46.3 Å². The lowest BCUT2D eigenvalue weighted by atomic mass is 10.0. The van der Waals surface area contributed by atoms with E-state index in [4.69, 9.17) is 9.47 Å². The third-order valence-corrected chi connectivity index (χ3v) is 5.59. The summed E-state index contributed by atoms with van der Waals surface area (Å²) in [5, 5.41) is 2.90. The number of carbonyl (C=O) groups excluding carboxylic acids is 2. The second-order valence-corrected chi connectivity index (χ2v) is 9.94. The molecule has 1 saturated heterocycles. The van der Waals surface area contributed by atoms with Crippen molar-refractivity contribution in [3.63, 3.8) is 0 Å². The smallest absolute Gasteiger partial charge is 0.407 e. The first-order valence-corrected chi connectivity index (χ1v) is 11.7. The lowest BCUT2D eigenvalue weighted by molar-refractivity contribution is -0.131. The van der Waals surface area contributed by atoms with E-state index in [9.17, 15) is 9.59 Å². The van der Waals surface area contributed by atoms with Crippen molar-refractivity contribution in [1.82, 2.24) is 10.2 Å². The monoisotopic (exact) mass is 502 g/mol. The third kappa shape index (κ3) is 7.55. The summed E-state index contributed by atoms with van der Waals surface area (Å²) in [6.45, 7) is 7.09. The van der Waals surface area contributed by atoms with Gasteiger partial charge in [0.05, 0.1) is 6.42 Å². The Morgan fingerprint density at radius 3 is 2.62 bits per heavy atom. The molecule has 1 aliphatic heterocycles. The predicted molar refractivity (Wildman–Crippen MR) is 128 cm³/mol. The van der Waals surface area contributed by atoms with E-state index < -0.39 is 11.7 Å². The lowest BCUT2D eigenvalue weighted by Gasteiger charge is -2.33. The molecular formula is C25H31BrN2O4. The van der Waals surface area contributed by atoms with Gasteiger partial charge in [0.2, 0.25) is 5.91 Å². The van der Waals surface area contributed by atoms with Gasteiger partial charge in [-0.3, -0.25) is 4.79 Å². The summed E-state index contributed by atoms with van der Waals surface area (Å²) in [4.78, 5) is 27.0. The highest BCUT2D eigenvalue weighted by molar-refractivity contribution is 9.10. The van der Waals surface area contributed by atoms with Gasteiger partial charge in [0.1, 0.15) is 18.0 Å². The third-order valence-electron chi connectivity index (χ3n) is 5.10. The van der Waals surface area contributed by atoms with Crippen molar-refractivity contribution < 1.29 is 19.1 Å². The largest absolute Gasteiger partial charge is 0.489 e. The molecule has 1 fully saturated rings. The number of amides is 2. The summed E-state index contributed by atoms with van der Waals surface area (Å²) in [6.07, 6.45) is 1.45. The second kappa shape index (κ2) is 10.9. The number of likely N-dealkylation sites (tertiary alicyclic amines) is 1. The van der Waals surface area contributed by atoms with E-state index in [1.165, 1.54) is 0 Å². The van der Waals surface area contributed by atoms with Crippen molar-refractivity contribution in [1.29, 1.82) is 0 Å². The number of nitrogens with one attached hydrogen (secondary N) is 1. The van der Waals surface area contributed by atoms with Crippen molar-refractivity contribution in [2.24, 2.45) is 0 Å². The molecule has 1 N–H and O–H groups in total. The van der Waals surface area contributed by atoms with E-state index in [0.717, 1.165) is 28.4 Å². The van der Waals surface area contributed by atoms with Crippen LogP contribution in [0.1, 0.15) is 44.7 Å². The Morgan fingerprint density at radius 1 is 1.16 bits per heavy atom. The predicted octanol–water partition coefficient (Wildman–Crippen LogP) is 5.09. The first-order valence-electron chi connectivity index (χ1n) is 10.9. The van der Waals surface area contributed by atoms with Crippen LogP contribution in [-0.4, -0.2) is 41.6 Å².